The van der Waals surface area contributed by atoms with E-state index in [0.717, 1.165) is 31.5 Å². The molecule has 0 atom stereocenters. The number of carbonyl (C=O) groups is 1. The molecule has 8 nitrogen and oxygen atoms in total. The minimum absolute atomic E-state index is 0. The molecular formula is C20H26IN5O3S. The molecule has 1 fully saturated rings. The Morgan fingerprint density at radius 1 is 1.23 bits per heavy atom. The number of nitrogens with zero attached hydrogens (tertiary/aromatic N) is 3. The molecule has 1 aromatic heterocycles. The number of non-ortho nitro benzene ring substituents is 1. The Hall–Kier alpha value is -2.21. The number of carbonyl (C=O) groups excluding carboxylic acids is 1. The van der Waals surface area contributed by atoms with E-state index < -0.39 is 4.92 Å². The molecule has 0 unspecified atom stereocenters. The van der Waals surface area contributed by atoms with Gasteiger partial charge in [-0.3, -0.25) is 14.9 Å². The van der Waals surface area contributed by atoms with Gasteiger partial charge in [-0.15, -0.1) is 35.3 Å². The summed E-state index contributed by atoms with van der Waals surface area (Å²) in [4.78, 5) is 29.8. The van der Waals surface area contributed by atoms with Gasteiger partial charge in [0.05, 0.1) is 18.0 Å². The number of benzene rings is 1. The van der Waals surface area contributed by atoms with Crippen LogP contribution in [0.4, 0.5) is 5.69 Å². The van der Waals surface area contributed by atoms with E-state index in [1.807, 2.05) is 16.3 Å². The van der Waals surface area contributed by atoms with E-state index in [2.05, 4.69) is 21.7 Å². The lowest BCUT2D eigenvalue weighted by Gasteiger charge is -2.16. The predicted molar refractivity (Wildman–Crippen MR) is 129 cm³/mol. The van der Waals surface area contributed by atoms with Crippen LogP contribution < -0.4 is 10.6 Å². The van der Waals surface area contributed by atoms with E-state index in [4.69, 9.17) is 0 Å². The van der Waals surface area contributed by atoms with Gasteiger partial charge in [-0.05, 0) is 29.9 Å². The minimum Gasteiger partial charge on any atom is -0.356 e. The van der Waals surface area contributed by atoms with Crippen LogP contribution in [0.25, 0.3) is 0 Å². The summed E-state index contributed by atoms with van der Waals surface area (Å²) in [6.45, 7) is 3.42. The zero-order chi connectivity index (χ0) is 20.5. The van der Waals surface area contributed by atoms with Gasteiger partial charge in [-0.1, -0.05) is 18.2 Å². The van der Waals surface area contributed by atoms with Crippen molar-refractivity contribution in [2.24, 2.45) is 4.99 Å². The molecule has 1 aliphatic rings. The highest BCUT2D eigenvalue weighted by atomic mass is 127. The highest BCUT2D eigenvalue weighted by molar-refractivity contribution is 14.0. The molecule has 1 amide bonds. The second-order valence-electron chi connectivity index (χ2n) is 6.79. The van der Waals surface area contributed by atoms with Crippen molar-refractivity contribution in [2.45, 2.75) is 32.4 Å². The molecule has 1 aliphatic heterocycles. The third-order valence-corrected chi connectivity index (χ3v) is 5.52. The lowest BCUT2D eigenvalue weighted by Crippen LogP contribution is -2.38. The van der Waals surface area contributed by atoms with Gasteiger partial charge in [-0.2, -0.15) is 0 Å². The van der Waals surface area contributed by atoms with Crippen LogP contribution in [0.2, 0.25) is 0 Å². The van der Waals surface area contributed by atoms with E-state index >= 15 is 0 Å². The summed E-state index contributed by atoms with van der Waals surface area (Å²) in [7, 11) is 0. The van der Waals surface area contributed by atoms with Crippen LogP contribution in [0.1, 0.15) is 29.7 Å². The molecule has 0 radical (unpaired) electrons. The topological polar surface area (TPSA) is 99.9 Å². The van der Waals surface area contributed by atoms with Crippen molar-refractivity contribution in [3.63, 3.8) is 0 Å². The van der Waals surface area contributed by atoms with Crippen LogP contribution >= 0.6 is 35.3 Å². The van der Waals surface area contributed by atoms with Gasteiger partial charge < -0.3 is 15.5 Å². The van der Waals surface area contributed by atoms with Crippen LogP contribution in [0.3, 0.4) is 0 Å². The first-order chi connectivity index (χ1) is 14.1. The Bertz CT molecular complexity index is 843. The van der Waals surface area contributed by atoms with Gasteiger partial charge in [-0.25, -0.2) is 4.99 Å². The number of rotatable bonds is 9. The van der Waals surface area contributed by atoms with Crippen LogP contribution in [0, 0.1) is 10.1 Å². The summed E-state index contributed by atoms with van der Waals surface area (Å²) >= 11 is 1.68. The standard InChI is InChI=1S/C20H25N5O3S.HI/c26-19-5-1-11-24(19)12-3-10-21-20(23-15-18-4-2-13-29-18)22-14-16-6-8-17(9-7-16)25(27)28;/h2,4,6-9,13H,1,3,5,10-12,14-15H2,(H2,21,22,23);1H. The average Bonchev–Trinajstić information content (AvgIpc) is 3.38. The van der Waals surface area contributed by atoms with Crippen molar-refractivity contribution in [2.75, 3.05) is 19.6 Å². The fourth-order valence-electron chi connectivity index (χ4n) is 3.07. The predicted octanol–water partition coefficient (Wildman–Crippen LogP) is 3.52. The van der Waals surface area contributed by atoms with Crippen LogP contribution in [0.15, 0.2) is 46.8 Å². The van der Waals surface area contributed by atoms with E-state index in [1.165, 1.54) is 17.0 Å². The number of amides is 1. The molecule has 30 heavy (non-hydrogen) atoms. The van der Waals surface area contributed by atoms with Crippen molar-refractivity contribution in [1.29, 1.82) is 0 Å². The maximum atomic E-state index is 11.7. The number of nitro groups is 1. The molecule has 0 aliphatic carbocycles. The summed E-state index contributed by atoms with van der Waals surface area (Å²) in [6, 6.07) is 10.5. The maximum absolute atomic E-state index is 11.7. The summed E-state index contributed by atoms with van der Waals surface area (Å²) in [5.41, 5.74) is 0.971. The highest BCUT2D eigenvalue weighted by Gasteiger charge is 2.18. The van der Waals surface area contributed by atoms with Gasteiger partial charge >= 0.3 is 0 Å². The Morgan fingerprint density at radius 3 is 2.67 bits per heavy atom. The second-order valence-corrected chi connectivity index (χ2v) is 7.82. The molecule has 1 aromatic carbocycles. The molecule has 0 saturated carbocycles. The monoisotopic (exact) mass is 543 g/mol. The van der Waals surface area contributed by atoms with Crippen molar-refractivity contribution >= 4 is 52.9 Å². The van der Waals surface area contributed by atoms with Crippen LogP contribution in [-0.2, 0) is 17.9 Å². The first kappa shape index (κ1) is 24.1. The van der Waals surface area contributed by atoms with Crippen molar-refractivity contribution in [1.82, 2.24) is 15.5 Å². The van der Waals surface area contributed by atoms with Crippen LogP contribution in [-0.4, -0.2) is 41.3 Å². The van der Waals surface area contributed by atoms with Gasteiger partial charge in [0.25, 0.3) is 5.69 Å². The Kier molecular flexibility index (Phi) is 10.0. The molecule has 3 rings (SSSR count). The number of hydrogen-bond acceptors (Lipinski definition) is 5. The van der Waals surface area contributed by atoms with Crippen molar-refractivity contribution in [3.05, 3.63) is 62.3 Å². The summed E-state index contributed by atoms with van der Waals surface area (Å²) in [5, 5.41) is 19.4. The van der Waals surface area contributed by atoms with Crippen molar-refractivity contribution < 1.29 is 9.72 Å². The zero-order valence-corrected chi connectivity index (χ0v) is 19.7. The normalized spacial score (nSPS) is 13.8. The number of hydrogen-bond donors (Lipinski definition) is 2. The largest absolute Gasteiger partial charge is 0.356 e. The number of guanidine groups is 1. The second kappa shape index (κ2) is 12.5. The minimum atomic E-state index is -0.409. The van der Waals surface area contributed by atoms with Gasteiger partial charge in [0.1, 0.15) is 0 Å². The lowest BCUT2D eigenvalue weighted by molar-refractivity contribution is -0.384. The molecule has 10 heteroatoms. The third-order valence-electron chi connectivity index (χ3n) is 4.65. The fourth-order valence-corrected chi connectivity index (χ4v) is 3.71. The molecule has 0 spiro atoms. The first-order valence-corrected chi connectivity index (χ1v) is 10.6. The smallest absolute Gasteiger partial charge is 0.269 e. The molecule has 1 saturated heterocycles. The first-order valence-electron chi connectivity index (χ1n) is 9.67. The number of halogens is 1. The Balaban J connectivity index is 0.00000320. The number of aliphatic imine (C=N–C) groups is 1. The van der Waals surface area contributed by atoms with E-state index in [-0.39, 0.29) is 35.6 Å². The SMILES string of the molecule is I.O=C1CCCN1CCCNC(=NCc1ccc([N+](=O)[O-])cc1)NCc1cccs1. The van der Waals surface area contributed by atoms with E-state index in [1.54, 1.807) is 23.5 Å². The maximum Gasteiger partial charge on any atom is 0.269 e. The zero-order valence-electron chi connectivity index (χ0n) is 16.6. The number of nitrogens with one attached hydrogen (secondary N) is 2. The summed E-state index contributed by atoms with van der Waals surface area (Å²) in [6.07, 6.45) is 2.47. The van der Waals surface area contributed by atoms with Gasteiger partial charge in [0, 0.05) is 43.1 Å². The molecule has 2 N–H and O–H groups in total. The van der Waals surface area contributed by atoms with Gasteiger partial charge in [0.15, 0.2) is 5.96 Å². The van der Waals surface area contributed by atoms with Crippen LogP contribution in [0.5, 0.6) is 0 Å². The molecule has 2 heterocycles. The molecule has 2 aromatic rings. The molecule has 162 valence electrons. The lowest BCUT2D eigenvalue weighted by atomic mass is 10.2. The highest BCUT2D eigenvalue weighted by Crippen LogP contribution is 2.13. The molecule has 0 bridgehead atoms. The fraction of sp³-hybridized carbons (Fsp3) is 0.400. The quantitative estimate of drug-likeness (QED) is 0.126. The number of likely N-dealkylation sites (tertiary alicyclic amines) is 1. The Morgan fingerprint density at radius 2 is 2.03 bits per heavy atom. The van der Waals surface area contributed by atoms with Gasteiger partial charge in [0.2, 0.25) is 5.91 Å². The Labute approximate surface area is 196 Å². The average molecular weight is 543 g/mol. The van der Waals surface area contributed by atoms with E-state index in [0.29, 0.717) is 32.0 Å². The summed E-state index contributed by atoms with van der Waals surface area (Å²) in [5.74, 6) is 0.928. The third kappa shape index (κ3) is 7.56. The summed E-state index contributed by atoms with van der Waals surface area (Å²) < 4.78 is 0. The molecular weight excluding hydrogens is 517 g/mol. The number of thiophene rings is 1. The number of nitro benzene ring substituents is 1. The van der Waals surface area contributed by atoms with Crippen molar-refractivity contribution in [3.8, 4) is 0 Å². The van der Waals surface area contributed by atoms with E-state index in [9.17, 15) is 14.9 Å².